The zero-order chi connectivity index (χ0) is 13.7. The monoisotopic (exact) mass is 260 g/mol. The molecule has 0 N–H and O–H groups in total. The lowest BCUT2D eigenvalue weighted by molar-refractivity contribution is 0.187. The van der Waals surface area contributed by atoms with E-state index in [1.165, 1.54) is 24.2 Å². The Balaban J connectivity index is 2.44. The third kappa shape index (κ3) is 2.98. The highest BCUT2D eigenvalue weighted by Crippen LogP contribution is 2.27. The van der Waals surface area contributed by atoms with Crippen molar-refractivity contribution in [3.05, 3.63) is 30.1 Å². The number of imidazole rings is 1. The number of methoxy groups -OCH3 is 1. The van der Waals surface area contributed by atoms with Crippen LogP contribution in [0.15, 0.2) is 24.3 Å². The Kier molecular flexibility index (Phi) is 4.97. The fourth-order valence-corrected chi connectivity index (χ4v) is 2.69. The number of fused-ring (bicyclic) bond motifs is 1. The molecule has 0 radical (unpaired) electrons. The number of nitrogens with zero attached hydrogens (tertiary/aromatic N) is 2. The molecule has 0 amide bonds. The highest BCUT2D eigenvalue weighted by molar-refractivity contribution is 5.76. The van der Waals surface area contributed by atoms with E-state index < -0.39 is 0 Å². The molecule has 1 heterocycles. The van der Waals surface area contributed by atoms with Gasteiger partial charge in [0.25, 0.3) is 0 Å². The van der Waals surface area contributed by atoms with Crippen molar-refractivity contribution < 1.29 is 4.74 Å². The fourth-order valence-electron chi connectivity index (χ4n) is 2.69. The van der Waals surface area contributed by atoms with Gasteiger partial charge in [-0.25, -0.2) is 4.98 Å². The van der Waals surface area contributed by atoms with Crippen LogP contribution in [0, 0.1) is 0 Å². The van der Waals surface area contributed by atoms with Gasteiger partial charge in [-0.2, -0.15) is 0 Å². The maximum Gasteiger partial charge on any atom is 0.113 e. The number of hydrogen-bond acceptors (Lipinski definition) is 2. The van der Waals surface area contributed by atoms with E-state index in [9.17, 15) is 0 Å². The highest BCUT2D eigenvalue weighted by atomic mass is 16.5. The summed E-state index contributed by atoms with van der Waals surface area (Å²) in [7, 11) is 1.75. The molecule has 0 spiro atoms. The van der Waals surface area contributed by atoms with Gasteiger partial charge < -0.3 is 9.30 Å². The summed E-state index contributed by atoms with van der Waals surface area (Å²) < 4.78 is 7.58. The molecule has 0 aliphatic carbocycles. The van der Waals surface area contributed by atoms with E-state index in [0.29, 0.717) is 5.92 Å². The second-order valence-electron chi connectivity index (χ2n) is 5.00. The molecule has 0 bridgehead atoms. The standard InChI is InChI=1S/C16H24N2O/c1-4-8-13(5-2)16-17-14-9-6-7-10-15(14)18(16)11-12-19-3/h6-7,9-10,13H,4-5,8,11-12H2,1-3H3. The van der Waals surface area contributed by atoms with Gasteiger partial charge in [0.2, 0.25) is 0 Å². The van der Waals surface area contributed by atoms with Crippen LogP contribution >= 0.6 is 0 Å². The average Bonchev–Trinajstić information content (AvgIpc) is 2.81. The molecule has 0 saturated heterocycles. The molecule has 0 fully saturated rings. The van der Waals surface area contributed by atoms with Crippen molar-refractivity contribution in [2.24, 2.45) is 0 Å². The number of para-hydroxylation sites is 2. The molecular formula is C16H24N2O. The number of hydrogen-bond donors (Lipinski definition) is 0. The molecule has 1 atom stereocenters. The molecule has 0 saturated carbocycles. The molecule has 0 aliphatic heterocycles. The first kappa shape index (κ1) is 14.1. The number of ether oxygens (including phenoxy) is 1. The van der Waals surface area contributed by atoms with Crippen molar-refractivity contribution in [2.75, 3.05) is 13.7 Å². The largest absolute Gasteiger partial charge is 0.383 e. The van der Waals surface area contributed by atoms with Crippen molar-refractivity contribution >= 4 is 11.0 Å². The summed E-state index contributed by atoms with van der Waals surface area (Å²) in [6.45, 7) is 6.10. The quantitative estimate of drug-likeness (QED) is 0.753. The Morgan fingerprint density at radius 1 is 1.26 bits per heavy atom. The van der Waals surface area contributed by atoms with Gasteiger partial charge in [-0.15, -0.1) is 0 Å². The molecule has 1 aromatic heterocycles. The minimum absolute atomic E-state index is 0.550. The molecule has 3 nitrogen and oxygen atoms in total. The SMILES string of the molecule is CCCC(CC)c1nc2ccccc2n1CCOC. The maximum absolute atomic E-state index is 5.24. The van der Waals surface area contributed by atoms with Gasteiger partial charge in [0, 0.05) is 19.6 Å². The van der Waals surface area contributed by atoms with Crippen LogP contribution in [0.2, 0.25) is 0 Å². The molecule has 2 aromatic rings. The summed E-state index contributed by atoms with van der Waals surface area (Å²) in [6.07, 6.45) is 3.54. The summed E-state index contributed by atoms with van der Waals surface area (Å²) in [5.74, 6) is 1.77. The van der Waals surface area contributed by atoms with E-state index in [1.54, 1.807) is 7.11 Å². The van der Waals surface area contributed by atoms with Crippen LogP contribution in [-0.4, -0.2) is 23.3 Å². The minimum Gasteiger partial charge on any atom is -0.383 e. The average molecular weight is 260 g/mol. The van der Waals surface area contributed by atoms with E-state index in [-0.39, 0.29) is 0 Å². The first-order chi connectivity index (χ1) is 9.31. The molecule has 19 heavy (non-hydrogen) atoms. The summed E-state index contributed by atoms with van der Waals surface area (Å²) in [5, 5.41) is 0. The van der Waals surface area contributed by atoms with Gasteiger partial charge >= 0.3 is 0 Å². The number of benzene rings is 1. The Morgan fingerprint density at radius 2 is 2.05 bits per heavy atom. The zero-order valence-corrected chi connectivity index (χ0v) is 12.2. The van der Waals surface area contributed by atoms with E-state index in [4.69, 9.17) is 9.72 Å². The summed E-state index contributed by atoms with van der Waals surface area (Å²) in [5.41, 5.74) is 2.33. The van der Waals surface area contributed by atoms with Crippen LogP contribution in [0.1, 0.15) is 44.9 Å². The van der Waals surface area contributed by atoms with Gasteiger partial charge in [-0.1, -0.05) is 32.4 Å². The molecular weight excluding hydrogens is 236 g/mol. The number of aromatic nitrogens is 2. The van der Waals surface area contributed by atoms with Gasteiger partial charge in [0.1, 0.15) is 5.82 Å². The second kappa shape index (κ2) is 6.71. The van der Waals surface area contributed by atoms with Crippen molar-refractivity contribution in [3.63, 3.8) is 0 Å². The smallest absolute Gasteiger partial charge is 0.113 e. The van der Waals surface area contributed by atoms with Gasteiger partial charge in [0.15, 0.2) is 0 Å². The van der Waals surface area contributed by atoms with E-state index >= 15 is 0 Å². The van der Waals surface area contributed by atoms with Crippen LogP contribution in [0.25, 0.3) is 11.0 Å². The topological polar surface area (TPSA) is 27.1 Å². The van der Waals surface area contributed by atoms with Crippen LogP contribution in [0.3, 0.4) is 0 Å². The third-order valence-corrected chi connectivity index (χ3v) is 3.70. The molecule has 1 unspecified atom stereocenters. The molecule has 3 heteroatoms. The van der Waals surface area contributed by atoms with E-state index in [1.807, 2.05) is 0 Å². The summed E-state index contributed by atoms with van der Waals surface area (Å²) >= 11 is 0. The fraction of sp³-hybridized carbons (Fsp3) is 0.562. The zero-order valence-electron chi connectivity index (χ0n) is 12.2. The predicted molar refractivity (Wildman–Crippen MR) is 79.5 cm³/mol. The highest BCUT2D eigenvalue weighted by Gasteiger charge is 2.17. The predicted octanol–water partition coefficient (Wildman–Crippen LogP) is 3.98. The normalized spacial score (nSPS) is 13.0. The van der Waals surface area contributed by atoms with Crippen LogP contribution < -0.4 is 0 Å². The minimum atomic E-state index is 0.550. The Labute approximate surface area is 115 Å². The first-order valence-electron chi connectivity index (χ1n) is 7.25. The Morgan fingerprint density at radius 3 is 2.74 bits per heavy atom. The molecule has 0 aliphatic rings. The Hall–Kier alpha value is -1.35. The van der Waals surface area contributed by atoms with Gasteiger partial charge in [-0.3, -0.25) is 0 Å². The second-order valence-corrected chi connectivity index (χ2v) is 5.00. The van der Waals surface area contributed by atoms with Crippen molar-refractivity contribution in [2.45, 2.75) is 45.6 Å². The molecule has 1 aromatic carbocycles. The maximum atomic E-state index is 5.24. The molecule has 2 rings (SSSR count). The van der Waals surface area contributed by atoms with Crippen LogP contribution in [0.5, 0.6) is 0 Å². The van der Waals surface area contributed by atoms with Gasteiger partial charge in [0.05, 0.1) is 17.6 Å². The summed E-state index contributed by atoms with van der Waals surface area (Å²) in [4.78, 5) is 4.86. The lowest BCUT2D eigenvalue weighted by Crippen LogP contribution is -2.12. The first-order valence-corrected chi connectivity index (χ1v) is 7.25. The Bertz CT molecular complexity index is 518. The van der Waals surface area contributed by atoms with Gasteiger partial charge in [-0.05, 0) is 25.0 Å². The summed E-state index contributed by atoms with van der Waals surface area (Å²) in [6, 6.07) is 8.39. The number of rotatable bonds is 7. The van der Waals surface area contributed by atoms with E-state index in [0.717, 1.165) is 25.1 Å². The van der Waals surface area contributed by atoms with Crippen molar-refractivity contribution in [3.8, 4) is 0 Å². The lowest BCUT2D eigenvalue weighted by Gasteiger charge is -2.16. The lowest BCUT2D eigenvalue weighted by atomic mass is 10.00. The molecule has 104 valence electrons. The van der Waals surface area contributed by atoms with Crippen LogP contribution in [-0.2, 0) is 11.3 Å². The van der Waals surface area contributed by atoms with E-state index in [2.05, 4.69) is 42.7 Å². The van der Waals surface area contributed by atoms with Crippen LogP contribution in [0.4, 0.5) is 0 Å². The van der Waals surface area contributed by atoms with Crippen molar-refractivity contribution in [1.82, 2.24) is 9.55 Å². The third-order valence-electron chi connectivity index (χ3n) is 3.70. The van der Waals surface area contributed by atoms with Crippen molar-refractivity contribution in [1.29, 1.82) is 0 Å².